The van der Waals surface area contributed by atoms with Gasteiger partial charge >= 0.3 is 0 Å². The van der Waals surface area contributed by atoms with Crippen LogP contribution in [0.4, 0.5) is 27.6 Å². The quantitative estimate of drug-likeness (QED) is 0.0784. The number of nitrogens with one attached hydrogen (secondary N) is 1. The van der Waals surface area contributed by atoms with Crippen molar-refractivity contribution in [2.45, 2.75) is 20.0 Å². The van der Waals surface area contributed by atoms with Gasteiger partial charge in [-0.3, -0.25) is 5.43 Å². The molecule has 4 nitrogen and oxygen atoms in total. The van der Waals surface area contributed by atoms with Gasteiger partial charge in [0.15, 0.2) is 34.8 Å². The number of ether oxygens (including phenoxy) is 2. The van der Waals surface area contributed by atoms with Crippen LogP contribution >= 0.6 is 11.6 Å². The van der Waals surface area contributed by atoms with Gasteiger partial charge in [0.05, 0.1) is 12.8 Å². The van der Waals surface area contributed by atoms with Gasteiger partial charge in [0, 0.05) is 10.6 Å². The Morgan fingerprint density at radius 2 is 1.57 bits per heavy atom. The van der Waals surface area contributed by atoms with Crippen LogP contribution in [-0.2, 0) is 13.0 Å². The molecular weight excluding hydrogens is 491 g/mol. The lowest BCUT2D eigenvalue weighted by molar-refractivity contribution is 0.267. The summed E-state index contributed by atoms with van der Waals surface area (Å²) in [7, 11) is 0. The molecule has 0 fully saturated rings. The van der Waals surface area contributed by atoms with Crippen LogP contribution in [0.3, 0.4) is 0 Å². The van der Waals surface area contributed by atoms with Crippen LogP contribution in [0.15, 0.2) is 54.2 Å². The molecule has 0 saturated heterocycles. The van der Waals surface area contributed by atoms with Crippen molar-refractivity contribution in [1.82, 2.24) is 0 Å². The fourth-order valence-corrected chi connectivity index (χ4v) is 3.23. The van der Waals surface area contributed by atoms with Crippen molar-refractivity contribution in [3.63, 3.8) is 0 Å². The molecule has 0 aliphatic carbocycles. The van der Waals surface area contributed by atoms with E-state index in [-0.39, 0.29) is 6.61 Å². The molecule has 0 aromatic heterocycles. The van der Waals surface area contributed by atoms with Crippen molar-refractivity contribution in [3.05, 3.63) is 99.9 Å². The number of allylic oxidation sites excluding steroid dienone is 1. The van der Waals surface area contributed by atoms with E-state index in [1.54, 1.807) is 37.3 Å². The summed E-state index contributed by atoms with van der Waals surface area (Å²) in [5.74, 6) is -9.60. The Hall–Kier alpha value is -3.59. The molecule has 0 aliphatic rings. The number of rotatable bonds is 10. The first-order valence-corrected chi connectivity index (χ1v) is 10.7. The first-order valence-electron chi connectivity index (χ1n) is 10.3. The lowest BCUT2D eigenvalue weighted by atomic mass is 10.1. The van der Waals surface area contributed by atoms with Gasteiger partial charge in [-0.2, -0.15) is 5.10 Å². The summed E-state index contributed by atoms with van der Waals surface area (Å²) in [6.45, 7) is 6.06. The smallest absolute Gasteiger partial charge is 0.200 e. The van der Waals surface area contributed by atoms with Crippen LogP contribution in [0.2, 0.25) is 5.02 Å². The standard InChI is InChI=1S/C25H20ClF5N2O2/c1-3-5-16-10-15(12-32-33-24-22(30)20(28)19(27)21(29)23(24)31)11-18(34-4-2)25(16)35-13-14-6-8-17(26)9-7-14/h3,6-12,33H,1,4-5,13H2,2H3/b32-12+. The van der Waals surface area contributed by atoms with E-state index in [1.807, 2.05) is 17.6 Å². The minimum Gasteiger partial charge on any atom is -0.490 e. The van der Waals surface area contributed by atoms with Crippen molar-refractivity contribution in [2.24, 2.45) is 5.10 Å². The Labute approximate surface area is 203 Å². The third kappa shape index (κ3) is 6.10. The summed E-state index contributed by atoms with van der Waals surface area (Å²) < 4.78 is 79.4. The number of benzene rings is 3. The number of halogens is 6. The summed E-state index contributed by atoms with van der Waals surface area (Å²) in [4.78, 5) is 0. The highest BCUT2D eigenvalue weighted by molar-refractivity contribution is 6.30. The number of anilines is 1. The van der Waals surface area contributed by atoms with E-state index in [0.29, 0.717) is 40.7 Å². The molecule has 3 aromatic carbocycles. The highest BCUT2D eigenvalue weighted by atomic mass is 35.5. The highest BCUT2D eigenvalue weighted by Gasteiger charge is 2.25. The Kier molecular flexibility index (Phi) is 8.70. The third-order valence-electron chi connectivity index (χ3n) is 4.71. The molecule has 0 amide bonds. The molecule has 0 radical (unpaired) electrons. The van der Waals surface area contributed by atoms with E-state index in [0.717, 1.165) is 11.8 Å². The predicted molar refractivity (Wildman–Crippen MR) is 125 cm³/mol. The summed E-state index contributed by atoms with van der Waals surface area (Å²) in [5, 5.41) is 4.23. The van der Waals surface area contributed by atoms with Crippen LogP contribution in [0, 0.1) is 29.1 Å². The second-order valence-corrected chi connectivity index (χ2v) is 7.60. The van der Waals surface area contributed by atoms with Crippen LogP contribution in [0.25, 0.3) is 0 Å². The fourth-order valence-electron chi connectivity index (χ4n) is 3.10. The Balaban J connectivity index is 1.89. The van der Waals surface area contributed by atoms with Gasteiger partial charge in [-0.1, -0.05) is 29.8 Å². The van der Waals surface area contributed by atoms with Crippen molar-refractivity contribution in [3.8, 4) is 11.5 Å². The second kappa shape index (κ2) is 11.7. The maximum Gasteiger partial charge on any atom is 0.200 e. The van der Waals surface area contributed by atoms with E-state index >= 15 is 0 Å². The molecule has 184 valence electrons. The van der Waals surface area contributed by atoms with E-state index in [2.05, 4.69) is 11.7 Å². The van der Waals surface area contributed by atoms with Crippen molar-refractivity contribution >= 4 is 23.5 Å². The first-order chi connectivity index (χ1) is 16.8. The van der Waals surface area contributed by atoms with Gasteiger partial charge in [-0.05, 0) is 48.7 Å². The number of nitrogens with zero attached hydrogens (tertiary/aromatic N) is 1. The molecule has 3 rings (SSSR count). The summed E-state index contributed by atoms with van der Waals surface area (Å²) >= 11 is 5.91. The molecule has 0 spiro atoms. The maximum atomic E-state index is 13.8. The molecule has 3 aromatic rings. The normalized spacial score (nSPS) is 11.1. The van der Waals surface area contributed by atoms with Gasteiger partial charge in [0.2, 0.25) is 5.82 Å². The van der Waals surface area contributed by atoms with Gasteiger partial charge in [0.1, 0.15) is 12.3 Å². The zero-order valence-electron chi connectivity index (χ0n) is 18.5. The molecule has 0 unspecified atom stereocenters. The van der Waals surface area contributed by atoms with Crippen LogP contribution < -0.4 is 14.9 Å². The first kappa shape index (κ1) is 26.0. The molecule has 35 heavy (non-hydrogen) atoms. The van der Waals surface area contributed by atoms with E-state index in [1.165, 1.54) is 0 Å². The van der Waals surface area contributed by atoms with Gasteiger partial charge < -0.3 is 9.47 Å². The summed E-state index contributed by atoms with van der Waals surface area (Å²) in [6, 6.07) is 10.4. The molecule has 0 bridgehead atoms. The molecular formula is C25H20ClF5N2O2. The molecule has 1 N–H and O–H groups in total. The molecule has 0 aliphatic heterocycles. The molecule has 0 heterocycles. The van der Waals surface area contributed by atoms with Crippen LogP contribution in [0.1, 0.15) is 23.6 Å². The van der Waals surface area contributed by atoms with Crippen LogP contribution in [0.5, 0.6) is 11.5 Å². The summed E-state index contributed by atoms with van der Waals surface area (Å²) in [5.41, 5.74) is 2.58. The van der Waals surface area contributed by atoms with E-state index in [9.17, 15) is 22.0 Å². The Morgan fingerprint density at radius 1 is 0.943 bits per heavy atom. The number of hydrogen-bond donors (Lipinski definition) is 1. The molecule has 0 saturated carbocycles. The average Bonchev–Trinajstić information content (AvgIpc) is 2.84. The Bertz CT molecular complexity index is 1220. The average molecular weight is 511 g/mol. The third-order valence-corrected chi connectivity index (χ3v) is 4.97. The zero-order chi connectivity index (χ0) is 25.5. The monoisotopic (exact) mass is 510 g/mol. The van der Waals surface area contributed by atoms with Gasteiger partial charge in [-0.15, -0.1) is 6.58 Å². The highest BCUT2D eigenvalue weighted by Crippen LogP contribution is 2.34. The minimum absolute atomic E-state index is 0.233. The SMILES string of the molecule is C=CCc1cc(/C=N/Nc2c(F)c(F)c(F)c(F)c2F)cc(OCC)c1OCc1ccc(Cl)cc1. The minimum atomic E-state index is -2.25. The molecule has 0 atom stereocenters. The van der Waals surface area contributed by atoms with Crippen LogP contribution in [-0.4, -0.2) is 12.8 Å². The van der Waals surface area contributed by atoms with E-state index in [4.69, 9.17) is 21.1 Å². The van der Waals surface area contributed by atoms with E-state index < -0.39 is 34.8 Å². The number of hydrazone groups is 1. The zero-order valence-corrected chi connectivity index (χ0v) is 19.2. The lowest BCUT2D eigenvalue weighted by Crippen LogP contribution is -2.07. The second-order valence-electron chi connectivity index (χ2n) is 7.16. The predicted octanol–water partition coefficient (Wildman–Crippen LogP) is 7.19. The number of hydrogen-bond acceptors (Lipinski definition) is 4. The molecule has 10 heteroatoms. The van der Waals surface area contributed by atoms with Gasteiger partial charge in [0.25, 0.3) is 0 Å². The Morgan fingerprint density at radius 3 is 2.17 bits per heavy atom. The lowest BCUT2D eigenvalue weighted by Gasteiger charge is -2.17. The fraction of sp³-hybridized carbons (Fsp3) is 0.160. The van der Waals surface area contributed by atoms with Gasteiger partial charge in [-0.25, -0.2) is 22.0 Å². The largest absolute Gasteiger partial charge is 0.490 e. The maximum absolute atomic E-state index is 13.8. The van der Waals surface area contributed by atoms with Crippen molar-refractivity contribution < 1.29 is 31.4 Å². The van der Waals surface area contributed by atoms with Crippen molar-refractivity contribution in [2.75, 3.05) is 12.0 Å². The summed E-state index contributed by atoms with van der Waals surface area (Å²) in [6.07, 6.45) is 3.19. The van der Waals surface area contributed by atoms with Crippen molar-refractivity contribution in [1.29, 1.82) is 0 Å². The topological polar surface area (TPSA) is 42.9 Å².